The van der Waals surface area contributed by atoms with Crippen LogP contribution in [0.15, 0.2) is 84.6 Å². The van der Waals surface area contributed by atoms with Crippen molar-refractivity contribution in [3.05, 3.63) is 84.6 Å². The van der Waals surface area contributed by atoms with Crippen molar-refractivity contribution in [1.29, 1.82) is 0 Å². The Morgan fingerprint density at radius 3 is 1.78 bits per heavy atom. The molecule has 0 aliphatic heterocycles. The molecule has 0 nitrogen and oxygen atoms in total. The maximum atomic E-state index is 2.44. The first-order valence-corrected chi connectivity index (χ1v) is 14.7. The molecule has 0 unspecified atom stereocenters. The van der Waals surface area contributed by atoms with Gasteiger partial charge in [0.15, 0.2) is 0 Å². The molecular weight excluding hydrogens is 308 g/mol. The number of hydrogen-bond acceptors (Lipinski definition) is 0. The summed E-state index contributed by atoms with van der Waals surface area (Å²) < 4.78 is 0. The lowest BCUT2D eigenvalue weighted by Crippen LogP contribution is -2.40. The standard InChI is InChI=1S/C21H28Si2/c1-22(2,20-14-8-5-9-15-20)18-12-7-13-19-23(3,4)21-16-10-6-11-17-21/h5-18H,19H2,1-4H3/b13-7+,18-12+. The van der Waals surface area contributed by atoms with Crippen LogP contribution in [0.2, 0.25) is 32.2 Å². The normalized spacial score (nSPS) is 13.0. The van der Waals surface area contributed by atoms with Gasteiger partial charge in [-0.05, 0) is 6.04 Å². The molecule has 0 N–H and O–H groups in total. The summed E-state index contributed by atoms with van der Waals surface area (Å²) in [6.07, 6.45) is 6.86. The van der Waals surface area contributed by atoms with Crippen LogP contribution >= 0.6 is 0 Å². The van der Waals surface area contributed by atoms with E-state index in [-0.39, 0.29) is 0 Å². The van der Waals surface area contributed by atoms with Crippen molar-refractivity contribution in [2.24, 2.45) is 0 Å². The molecule has 0 radical (unpaired) electrons. The van der Waals surface area contributed by atoms with E-state index in [9.17, 15) is 0 Å². The molecule has 2 heteroatoms. The quantitative estimate of drug-likeness (QED) is 0.521. The summed E-state index contributed by atoms with van der Waals surface area (Å²) in [6.45, 7) is 9.68. The van der Waals surface area contributed by atoms with E-state index >= 15 is 0 Å². The second kappa shape index (κ2) is 7.76. The average molecular weight is 337 g/mol. The highest BCUT2D eigenvalue weighted by Crippen LogP contribution is 2.11. The van der Waals surface area contributed by atoms with Crippen molar-refractivity contribution in [3.8, 4) is 0 Å². The van der Waals surface area contributed by atoms with Gasteiger partial charge in [-0.1, -0.05) is 121 Å². The van der Waals surface area contributed by atoms with E-state index in [0.717, 1.165) is 0 Å². The van der Waals surface area contributed by atoms with E-state index in [0.29, 0.717) is 0 Å². The molecule has 0 aliphatic carbocycles. The van der Waals surface area contributed by atoms with Gasteiger partial charge >= 0.3 is 0 Å². The van der Waals surface area contributed by atoms with Gasteiger partial charge in [0.05, 0.1) is 8.07 Å². The Morgan fingerprint density at radius 1 is 0.696 bits per heavy atom. The molecule has 120 valence electrons. The van der Waals surface area contributed by atoms with E-state index in [2.05, 4.69) is 111 Å². The van der Waals surface area contributed by atoms with Crippen LogP contribution in [0.4, 0.5) is 0 Å². The first-order valence-electron chi connectivity index (χ1n) is 8.37. The summed E-state index contributed by atoms with van der Waals surface area (Å²) in [7, 11) is -2.81. The van der Waals surface area contributed by atoms with Gasteiger partial charge in [-0.25, -0.2) is 0 Å². The van der Waals surface area contributed by atoms with Crippen LogP contribution in [0, 0.1) is 0 Å². The van der Waals surface area contributed by atoms with Gasteiger partial charge in [0.25, 0.3) is 0 Å². The van der Waals surface area contributed by atoms with Crippen LogP contribution in [-0.2, 0) is 0 Å². The smallest absolute Gasteiger partial charge is 0.0903 e. The minimum atomic E-state index is -1.46. The largest absolute Gasteiger partial charge is 0.104 e. The van der Waals surface area contributed by atoms with E-state index < -0.39 is 16.1 Å². The predicted molar refractivity (Wildman–Crippen MR) is 110 cm³/mol. The summed E-state index contributed by atoms with van der Waals surface area (Å²) in [5.41, 5.74) is 2.43. The fourth-order valence-electron chi connectivity index (χ4n) is 2.71. The zero-order chi connectivity index (χ0) is 16.8. The Morgan fingerprint density at radius 2 is 1.22 bits per heavy atom. The Kier molecular flexibility index (Phi) is 5.97. The number of rotatable bonds is 6. The molecular formula is C21H28Si2. The molecule has 0 amide bonds. The van der Waals surface area contributed by atoms with Crippen LogP contribution in [0.1, 0.15) is 0 Å². The Bertz CT molecular complexity index is 653. The van der Waals surface area contributed by atoms with E-state index in [1.54, 1.807) is 0 Å². The predicted octanol–water partition coefficient (Wildman–Crippen LogP) is 4.87. The van der Waals surface area contributed by atoms with Crippen LogP contribution in [0.3, 0.4) is 0 Å². The maximum Gasteiger partial charge on any atom is 0.104 e. The highest BCUT2D eigenvalue weighted by molar-refractivity contribution is 6.94. The van der Waals surface area contributed by atoms with E-state index in [1.807, 2.05) is 0 Å². The monoisotopic (exact) mass is 336 g/mol. The minimum absolute atomic E-state index is 1.19. The summed E-state index contributed by atoms with van der Waals surface area (Å²) in [5.74, 6) is 0. The van der Waals surface area contributed by atoms with Gasteiger partial charge in [0.2, 0.25) is 0 Å². The summed E-state index contributed by atoms with van der Waals surface area (Å²) >= 11 is 0. The molecule has 0 atom stereocenters. The third-order valence-electron chi connectivity index (χ3n) is 4.46. The summed E-state index contributed by atoms with van der Waals surface area (Å²) in [4.78, 5) is 0. The topological polar surface area (TPSA) is 0 Å². The molecule has 2 rings (SSSR count). The van der Waals surface area contributed by atoms with Crippen molar-refractivity contribution < 1.29 is 0 Å². The second-order valence-corrected chi connectivity index (χ2v) is 16.4. The van der Waals surface area contributed by atoms with Gasteiger partial charge in [0.1, 0.15) is 8.07 Å². The number of benzene rings is 2. The third kappa shape index (κ3) is 5.19. The molecule has 23 heavy (non-hydrogen) atoms. The lowest BCUT2D eigenvalue weighted by atomic mass is 10.4. The molecule has 0 heterocycles. The Hall–Kier alpha value is -1.65. The molecule has 0 saturated heterocycles. The first kappa shape index (κ1) is 17.7. The average Bonchev–Trinajstić information content (AvgIpc) is 2.56. The van der Waals surface area contributed by atoms with Gasteiger partial charge in [-0.2, -0.15) is 0 Å². The van der Waals surface area contributed by atoms with E-state index in [1.165, 1.54) is 16.4 Å². The van der Waals surface area contributed by atoms with Crippen LogP contribution in [0.25, 0.3) is 0 Å². The maximum absolute atomic E-state index is 2.44. The molecule has 2 aromatic carbocycles. The Balaban J connectivity index is 1.96. The highest BCUT2D eigenvalue weighted by atomic mass is 28.3. The Labute approximate surface area is 143 Å². The molecule has 0 fully saturated rings. The van der Waals surface area contributed by atoms with Gasteiger partial charge in [0, 0.05) is 0 Å². The summed E-state index contributed by atoms with van der Waals surface area (Å²) in [5, 5.41) is 3.02. The van der Waals surface area contributed by atoms with Crippen molar-refractivity contribution in [2.45, 2.75) is 32.2 Å². The third-order valence-corrected chi connectivity index (χ3v) is 10.5. The van der Waals surface area contributed by atoms with Gasteiger partial charge < -0.3 is 0 Å². The molecule has 0 spiro atoms. The SMILES string of the molecule is C[Si](C)(/C=C/C=C/C[Si](C)(C)c1ccccc1)c1ccccc1. The van der Waals surface area contributed by atoms with Crippen molar-refractivity contribution in [2.75, 3.05) is 0 Å². The van der Waals surface area contributed by atoms with Crippen LogP contribution in [-0.4, -0.2) is 16.1 Å². The molecule has 2 aromatic rings. The number of allylic oxidation sites excluding steroid dienone is 3. The fourth-order valence-corrected chi connectivity index (χ4v) is 6.60. The zero-order valence-electron chi connectivity index (χ0n) is 14.8. The lowest BCUT2D eigenvalue weighted by Gasteiger charge is -2.21. The first-order chi connectivity index (χ1) is 10.9. The molecule has 0 aromatic heterocycles. The van der Waals surface area contributed by atoms with Gasteiger partial charge in [-0.3, -0.25) is 0 Å². The van der Waals surface area contributed by atoms with Gasteiger partial charge in [-0.15, -0.1) is 0 Å². The zero-order valence-corrected chi connectivity index (χ0v) is 16.8. The second-order valence-electron chi connectivity index (χ2n) is 7.33. The summed E-state index contributed by atoms with van der Waals surface area (Å²) in [6, 6.07) is 23.0. The number of hydrogen-bond donors (Lipinski definition) is 0. The molecule has 0 bridgehead atoms. The fraction of sp³-hybridized carbons (Fsp3) is 0.238. The molecule has 0 aliphatic rings. The lowest BCUT2D eigenvalue weighted by molar-refractivity contribution is 1.53. The van der Waals surface area contributed by atoms with Crippen molar-refractivity contribution in [3.63, 3.8) is 0 Å². The van der Waals surface area contributed by atoms with Crippen molar-refractivity contribution >= 4 is 26.5 Å². The van der Waals surface area contributed by atoms with Crippen LogP contribution in [0.5, 0.6) is 0 Å². The van der Waals surface area contributed by atoms with Crippen molar-refractivity contribution in [1.82, 2.24) is 0 Å². The highest BCUT2D eigenvalue weighted by Gasteiger charge is 2.21. The van der Waals surface area contributed by atoms with E-state index in [4.69, 9.17) is 0 Å². The minimum Gasteiger partial charge on any atom is -0.0903 e. The van der Waals surface area contributed by atoms with Crippen LogP contribution < -0.4 is 10.4 Å². The molecule has 0 saturated carbocycles.